The molecule has 2 aliphatic rings. The van der Waals surface area contributed by atoms with Crippen molar-refractivity contribution in [1.82, 2.24) is 14.9 Å². The standard InChI is InChI=1S/C22H30N6O/c1-17-8-4-5-9-19(17)24-22(29)28-14-12-27(13-15-28)21-23-18(2)16-20(25-21)26-10-6-3-7-11-26/h4-5,8-9,16H,3,6-7,10-15H2,1-2H3,(H,24,29). The first-order chi connectivity index (χ1) is 14.1. The van der Waals surface area contributed by atoms with Gasteiger partial charge < -0.3 is 20.0 Å². The van der Waals surface area contributed by atoms with Crippen LogP contribution in [0, 0.1) is 13.8 Å². The number of para-hydroxylation sites is 1. The minimum Gasteiger partial charge on any atom is -0.356 e. The maximum absolute atomic E-state index is 12.6. The number of anilines is 3. The van der Waals surface area contributed by atoms with Gasteiger partial charge in [-0.05, 0) is 44.7 Å². The van der Waals surface area contributed by atoms with Gasteiger partial charge >= 0.3 is 6.03 Å². The molecule has 2 aliphatic heterocycles. The predicted octanol–water partition coefficient (Wildman–Crippen LogP) is 3.44. The Hall–Kier alpha value is -2.83. The molecule has 0 unspecified atom stereocenters. The first-order valence-corrected chi connectivity index (χ1v) is 10.6. The van der Waals surface area contributed by atoms with Crippen molar-refractivity contribution in [2.75, 3.05) is 54.4 Å². The molecule has 1 aromatic carbocycles. The average Bonchev–Trinajstić information content (AvgIpc) is 2.75. The summed E-state index contributed by atoms with van der Waals surface area (Å²) in [6.45, 7) is 8.98. The number of nitrogens with zero attached hydrogens (tertiary/aromatic N) is 5. The number of urea groups is 1. The fourth-order valence-electron chi connectivity index (χ4n) is 3.98. The zero-order chi connectivity index (χ0) is 20.2. The highest BCUT2D eigenvalue weighted by atomic mass is 16.2. The number of piperazine rings is 1. The second-order valence-corrected chi connectivity index (χ2v) is 7.93. The number of carbonyl (C=O) groups excluding carboxylic acids is 1. The molecule has 7 nitrogen and oxygen atoms in total. The molecule has 29 heavy (non-hydrogen) atoms. The van der Waals surface area contributed by atoms with Crippen LogP contribution in [0.3, 0.4) is 0 Å². The van der Waals surface area contributed by atoms with Gasteiger partial charge in [-0.15, -0.1) is 0 Å². The molecule has 0 aliphatic carbocycles. The number of hydrogen-bond donors (Lipinski definition) is 1. The smallest absolute Gasteiger partial charge is 0.321 e. The summed E-state index contributed by atoms with van der Waals surface area (Å²) >= 11 is 0. The van der Waals surface area contributed by atoms with E-state index in [4.69, 9.17) is 4.98 Å². The van der Waals surface area contributed by atoms with Gasteiger partial charge in [0.15, 0.2) is 0 Å². The van der Waals surface area contributed by atoms with Gasteiger partial charge in [0.25, 0.3) is 0 Å². The van der Waals surface area contributed by atoms with Crippen LogP contribution in [0.5, 0.6) is 0 Å². The van der Waals surface area contributed by atoms with E-state index in [2.05, 4.69) is 26.2 Å². The summed E-state index contributed by atoms with van der Waals surface area (Å²) in [5.74, 6) is 1.82. The largest absolute Gasteiger partial charge is 0.356 e. The van der Waals surface area contributed by atoms with E-state index in [0.717, 1.165) is 54.9 Å². The second-order valence-electron chi connectivity index (χ2n) is 7.93. The summed E-state index contributed by atoms with van der Waals surface area (Å²) in [6.07, 6.45) is 3.76. The number of benzene rings is 1. The van der Waals surface area contributed by atoms with Crippen LogP contribution in [-0.2, 0) is 0 Å². The van der Waals surface area contributed by atoms with Gasteiger partial charge in [-0.1, -0.05) is 18.2 Å². The number of amides is 2. The Morgan fingerprint density at radius 3 is 2.34 bits per heavy atom. The molecular weight excluding hydrogens is 364 g/mol. The zero-order valence-electron chi connectivity index (χ0n) is 17.4. The summed E-state index contributed by atoms with van der Waals surface area (Å²) in [5.41, 5.74) is 2.93. The van der Waals surface area contributed by atoms with Gasteiger partial charge in [0.2, 0.25) is 5.95 Å². The number of rotatable bonds is 3. The van der Waals surface area contributed by atoms with Crippen LogP contribution < -0.4 is 15.1 Å². The molecule has 0 radical (unpaired) electrons. The molecule has 0 atom stereocenters. The van der Waals surface area contributed by atoms with Gasteiger partial charge in [-0.3, -0.25) is 0 Å². The molecule has 0 saturated carbocycles. The van der Waals surface area contributed by atoms with Gasteiger partial charge in [-0.25, -0.2) is 9.78 Å². The Balaban J connectivity index is 1.38. The zero-order valence-corrected chi connectivity index (χ0v) is 17.4. The van der Waals surface area contributed by atoms with E-state index in [1.807, 2.05) is 43.0 Å². The molecule has 2 amide bonds. The van der Waals surface area contributed by atoms with Crippen molar-refractivity contribution in [2.45, 2.75) is 33.1 Å². The number of nitrogens with one attached hydrogen (secondary N) is 1. The van der Waals surface area contributed by atoms with E-state index in [1.54, 1.807) is 0 Å². The minimum atomic E-state index is -0.0434. The molecule has 2 aromatic rings. The van der Waals surface area contributed by atoms with Gasteiger partial charge in [-0.2, -0.15) is 4.98 Å². The molecule has 4 rings (SSSR count). The number of piperidine rings is 1. The van der Waals surface area contributed by atoms with Crippen LogP contribution in [-0.4, -0.2) is 60.2 Å². The summed E-state index contributed by atoms with van der Waals surface area (Å²) < 4.78 is 0. The number of hydrogen-bond acceptors (Lipinski definition) is 5. The third kappa shape index (κ3) is 4.60. The lowest BCUT2D eigenvalue weighted by Gasteiger charge is -2.35. The topological polar surface area (TPSA) is 64.6 Å². The predicted molar refractivity (Wildman–Crippen MR) is 117 cm³/mol. The highest BCUT2D eigenvalue weighted by Gasteiger charge is 2.24. The van der Waals surface area contributed by atoms with Crippen molar-refractivity contribution in [3.05, 3.63) is 41.6 Å². The summed E-state index contributed by atoms with van der Waals surface area (Å²) in [5, 5.41) is 3.03. The molecule has 3 heterocycles. The minimum absolute atomic E-state index is 0.0434. The maximum Gasteiger partial charge on any atom is 0.321 e. The fraction of sp³-hybridized carbons (Fsp3) is 0.500. The van der Waals surface area contributed by atoms with Crippen molar-refractivity contribution >= 4 is 23.5 Å². The van der Waals surface area contributed by atoms with Crippen molar-refractivity contribution < 1.29 is 4.79 Å². The van der Waals surface area contributed by atoms with Crippen LogP contribution in [0.1, 0.15) is 30.5 Å². The van der Waals surface area contributed by atoms with E-state index < -0.39 is 0 Å². The Kier molecular flexibility index (Phi) is 5.83. The molecule has 7 heteroatoms. The monoisotopic (exact) mass is 394 g/mol. The molecule has 2 fully saturated rings. The van der Waals surface area contributed by atoms with Gasteiger partial charge in [0.1, 0.15) is 5.82 Å². The molecule has 154 valence electrons. The van der Waals surface area contributed by atoms with E-state index in [0.29, 0.717) is 13.1 Å². The van der Waals surface area contributed by atoms with Crippen LogP contribution in [0.2, 0.25) is 0 Å². The SMILES string of the molecule is Cc1cc(N2CCCCC2)nc(N2CCN(C(=O)Nc3ccccc3C)CC2)n1. The number of aromatic nitrogens is 2. The first kappa shape index (κ1) is 19.5. The third-order valence-electron chi connectivity index (χ3n) is 5.75. The molecule has 1 aromatic heterocycles. The third-order valence-corrected chi connectivity index (χ3v) is 5.75. The van der Waals surface area contributed by atoms with Crippen molar-refractivity contribution in [1.29, 1.82) is 0 Å². The second kappa shape index (κ2) is 8.68. The van der Waals surface area contributed by atoms with Gasteiger partial charge in [0, 0.05) is 56.7 Å². The highest BCUT2D eigenvalue weighted by Crippen LogP contribution is 2.22. The van der Waals surface area contributed by atoms with E-state index >= 15 is 0 Å². The Morgan fingerprint density at radius 1 is 0.897 bits per heavy atom. The molecule has 0 bridgehead atoms. The van der Waals surface area contributed by atoms with Crippen molar-refractivity contribution in [3.8, 4) is 0 Å². The van der Waals surface area contributed by atoms with Crippen LogP contribution in [0.15, 0.2) is 30.3 Å². The normalized spacial score (nSPS) is 17.4. The van der Waals surface area contributed by atoms with E-state index in [9.17, 15) is 4.79 Å². The summed E-state index contributed by atoms with van der Waals surface area (Å²) in [4.78, 5) is 28.6. The molecule has 1 N–H and O–H groups in total. The van der Waals surface area contributed by atoms with Crippen LogP contribution in [0.4, 0.5) is 22.2 Å². The van der Waals surface area contributed by atoms with Crippen LogP contribution in [0.25, 0.3) is 0 Å². The molecule has 2 saturated heterocycles. The fourth-order valence-corrected chi connectivity index (χ4v) is 3.98. The van der Waals surface area contributed by atoms with E-state index in [-0.39, 0.29) is 6.03 Å². The average molecular weight is 395 g/mol. The Labute approximate surface area is 172 Å². The first-order valence-electron chi connectivity index (χ1n) is 10.6. The lowest BCUT2D eigenvalue weighted by atomic mass is 10.1. The van der Waals surface area contributed by atoms with Crippen LogP contribution >= 0.6 is 0 Å². The molecule has 0 spiro atoms. The van der Waals surface area contributed by atoms with Gasteiger partial charge in [0.05, 0.1) is 0 Å². The summed E-state index contributed by atoms with van der Waals surface area (Å²) in [6, 6.07) is 9.90. The Morgan fingerprint density at radius 2 is 1.62 bits per heavy atom. The highest BCUT2D eigenvalue weighted by molar-refractivity contribution is 5.90. The van der Waals surface area contributed by atoms with Crippen molar-refractivity contribution in [2.24, 2.45) is 0 Å². The molecular formula is C22H30N6O. The number of aryl methyl sites for hydroxylation is 2. The quantitative estimate of drug-likeness (QED) is 0.864. The summed E-state index contributed by atoms with van der Waals surface area (Å²) in [7, 11) is 0. The number of carbonyl (C=O) groups is 1. The lowest BCUT2D eigenvalue weighted by Crippen LogP contribution is -2.50. The maximum atomic E-state index is 12.6. The van der Waals surface area contributed by atoms with E-state index in [1.165, 1.54) is 19.3 Å². The van der Waals surface area contributed by atoms with Crippen molar-refractivity contribution in [3.63, 3.8) is 0 Å². The lowest BCUT2D eigenvalue weighted by molar-refractivity contribution is 0.208. The Bertz CT molecular complexity index is 856.